The van der Waals surface area contributed by atoms with Gasteiger partial charge in [-0.15, -0.1) is 0 Å². The number of ether oxygens (including phenoxy) is 1. The Morgan fingerprint density at radius 2 is 2.00 bits per heavy atom. The van der Waals surface area contributed by atoms with Crippen molar-refractivity contribution in [2.24, 2.45) is 5.92 Å². The second-order valence-corrected chi connectivity index (χ2v) is 7.42. The van der Waals surface area contributed by atoms with Gasteiger partial charge in [-0.25, -0.2) is 4.79 Å². The molecule has 2 unspecified atom stereocenters. The third-order valence-corrected chi connectivity index (χ3v) is 3.57. The molecular formula is C18H32N2O3. The molecule has 2 N–H and O–H groups in total. The highest BCUT2D eigenvalue weighted by Gasteiger charge is 2.20. The van der Waals surface area contributed by atoms with Crippen molar-refractivity contribution in [1.82, 2.24) is 10.6 Å². The molecule has 1 aromatic rings. The predicted molar refractivity (Wildman–Crippen MR) is 92.5 cm³/mol. The van der Waals surface area contributed by atoms with E-state index in [0.29, 0.717) is 18.5 Å². The van der Waals surface area contributed by atoms with Crippen LogP contribution in [-0.4, -0.2) is 30.3 Å². The maximum atomic E-state index is 11.8. The van der Waals surface area contributed by atoms with Gasteiger partial charge in [-0.2, -0.15) is 0 Å². The summed E-state index contributed by atoms with van der Waals surface area (Å²) < 4.78 is 10.6. The minimum atomic E-state index is -0.471. The maximum absolute atomic E-state index is 11.8. The van der Waals surface area contributed by atoms with E-state index in [4.69, 9.17) is 9.15 Å². The Kier molecular flexibility index (Phi) is 7.62. The van der Waals surface area contributed by atoms with Crippen LogP contribution in [0, 0.1) is 5.92 Å². The number of hydrogen-bond donors (Lipinski definition) is 2. The highest BCUT2D eigenvalue weighted by Crippen LogP contribution is 2.09. The third kappa shape index (κ3) is 8.65. The van der Waals surface area contributed by atoms with Crippen molar-refractivity contribution in [3.63, 3.8) is 0 Å². The molecule has 2 atom stereocenters. The number of alkyl carbamates (subject to hydrolysis) is 1. The van der Waals surface area contributed by atoms with Crippen molar-refractivity contribution in [2.75, 3.05) is 6.54 Å². The lowest BCUT2D eigenvalue weighted by Gasteiger charge is -2.27. The lowest BCUT2D eigenvalue weighted by molar-refractivity contribution is 0.0518. The van der Waals surface area contributed by atoms with Crippen molar-refractivity contribution >= 4 is 6.09 Å². The first-order valence-corrected chi connectivity index (χ1v) is 8.42. The summed E-state index contributed by atoms with van der Waals surface area (Å²) in [6, 6.07) is 4.45. The molecule has 0 aliphatic rings. The molecule has 0 fully saturated rings. The number of furan rings is 1. The topological polar surface area (TPSA) is 63.5 Å². The Bertz CT molecular complexity index is 449. The average Bonchev–Trinajstić information content (AvgIpc) is 2.92. The van der Waals surface area contributed by atoms with Crippen LogP contribution in [0.15, 0.2) is 22.8 Å². The summed E-state index contributed by atoms with van der Waals surface area (Å²) in [4.78, 5) is 11.8. The van der Waals surface area contributed by atoms with Gasteiger partial charge in [-0.05, 0) is 52.2 Å². The Morgan fingerprint density at radius 3 is 2.52 bits per heavy atom. The molecule has 0 spiro atoms. The number of nitrogens with one attached hydrogen (secondary N) is 2. The van der Waals surface area contributed by atoms with Crippen LogP contribution in [0.4, 0.5) is 4.79 Å². The van der Waals surface area contributed by atoms with Crippen molar-refractivity contribution in [1.29, 1.82) is 0 Å². The molecular weight excluding hydrogens is 292 g/mol. The molecule has 1 rings (SSSR count). The fourth-order valence-corrected chi connectivity index (χ4v) is 2.26. The van der Waals surface area contributed by atoms with E-state index in [0.717, 1.165) is 18.6 Å². The molecule has 0 saturated carbocycles. The molecule has 0 bridgehead atoms. The van der Waals surface area contributed by atoms with Gasteiger partial charge in [0.2, 0.25) is 0 Å². The Hall–Kier alpha value is -1.49. The minimum absolute atomic E-state index is 0.203. The van der Waals surface area contributed by atoms with E-state index in [9.17, 15) is 4.79 Å². The van der Waals surface area contributed by atoms with Gasteiger partial charge >= 0.3 is 6.09 Å². The Balaban J connectivity index is 2.37. The van der Waals surface area contributed by atoms with E-state index in [2.05, 4.69) is 31.4 Å². The van der Waals surface area contributed by atoms with Gasteiger partial charge in [0.05, 0.1) is 6.26 Å². The van der Waals surface area contributed by atoms with E-state index in [1.165, 1.54) is 0 Å². The first-order chi connectivity index (χ1) is 10.7. The van der Waals surface area contributed by atoms with E-state index >= 15 is 0 Å². The fraction of sp³-hybridized carbons (Fsp3) is 0.722. The highest BCUT2D eigenvalue weighted by atomic mass is 16.6. The molecule has 132 valence electrons. The highest BCUT2D eigenvalue weighted by molar-refractivity contribution is 5.67. The van der Waals surface area contributed by atoms with E-state index in [-0.39, 0.29) is 12.1 Å². The van der Waals surface area contributed by atoms with E-state index < -0.39 is 5.60 Å². The van der Waals surface area contributed by atoms with Gasteiger partial charge < -0.3 is 19.8 Å². The molecule has 5 heteroatoms. The Morgan fingerprint density at radius 1 is 1.30 bits per heavy atom. The number of amides is 1. The average molecular weight is 324 g/mol. The second-order valence-electron chi connectivity index (χ2n) is 7.42. The van der Waals surface area contributed by atoms with Gasteiger partial charge in [-0.3, -0.25) is 0 Å². The summed E-state index contributed by atoms with van der Waals surface area (Å²) in [6.07, 6.45) is 3.23. The van der Waals surface area contributed by atoms with Crippen LogP contribution < -0.4 is 10.6 Å². The lowest BCUT2D eigenvalue weighted by atomic mass is 10.0. The van der Waals surface area contributed by atoms with Crippen molar-refractivity contribution in [3.8, 4) is 0 Å². The monoisotopic (exact) mass is 324 g/mol. The molecule has 1 amide bonds. The molecule has 0 aromatic carbocycles. The van der Waals surface area contributed by atoms with Gasteiger partial charge in [-0.1, -0.05) is 13.8 Å². The first kappa shape index (κ1) is 19.6. The molecule has 5 nitrogen and oxygen atoms in total. The summed E-state index contributed by atoms with van der Waals surface area (Å²) >= 11 is 0. The van der Waals surface area contributed by atoms with Crippen molar-refractivity contribution in [3.05, 3.63) is 24.2 Å². The number of carbonyl (C=O) groups is 1. The van der Waals surface area contributed by atoms with Gasteiger partial charge in [0, 0.05) is 25.0 Å². The number of aryl methyl sites for hydroxylation is 1. The molecule has 1 aromatic heterocycles. The molecule has 0 saturated heterocycles. The first-order valence-electron chi connectivity index (χ1n) is 8.42. The number of hydrogen-bond acceptors (Lipinski definition) is 4. The number of carbonyl (C=O) groups excluding carboxylic acids is 1. The van der Waals surface area contributed by atoms with Crippen LogP contribution in [-0.2, 0) is 11.2 Å². The van der Waals surface area contributed by atoms with Gasteiger partial charge in [0.1, 0.15) is 11.4 Å². The summed E-state index contributed by atoms with van der Waals surface area (Å²) in [6.45, 7) is 12.6. The zero-order chi connectivity index (χ0) is 17.5. The third-order valence-electron chi connectivity index (χ3n) is 3.57. The van der Waals surface area contributed by atoms with Crippen LogP contribution >= 0.6 is 0 Å². The number of rotatable bonds is 8. The van der Waals surface area contributed by atoms with E-state index in [1.54, 1.807) is 6.26 Å². The lowest BCUT2D eigenvalue weighted by Crippen LogP contribution is -2.48. The maximum Gasteiger partial charge on any atom is 0.407 e. The molecule has 1 heterocycles. The van der Waals surface area contributed by atoms with Crippen LogP contribution in [0.3, 0.4) is 0 Å². The summed E-state index contributed by atoms with van der Waals surface area (Å²) in [5, 5.41) is 6.44. The zero-order valence-corrected chi connectivity index (χ0v) is 15.3. The van der Waals surface area contributed by atoms with E-state index in [1.807, 2.05) is 32.9 Å². The molecule has 0 aliphatic carbocycles. The summed E-state index contributed by atoms with van der Waals surface area (Å²) in [5.41, 5.74) is -0.471. The Labute approximate surface area is 140 Å². The summed E-state index contributed by atoms with van der Waals surface area (Å²) in [7, 11) is 0. The van der Waals surface area contributed by atoms with Crippen LogP contribution in [0.2, 0.25) is 0 Å². The van der Waals surface area contributed by atoms with Crippen LogP contribution in [0.25, 0.3) is 0 Å². The SMILES string of the molecule is CC(CCc1ccco1)NC(CNC(=O)OC(C)(C)C)C(C)C. The summed E-state index contributed by atoms with van der Waals surface area (Å²) in [5.74, 6) is 1.42. The smallest absolute Gasteiger partial charge is 0.407 e. The molecule has 0 aliphatic heterocycles. The van der Waals surface area contributed by atoms with Gasteiger partial charge in [0.15, 0.2) is 0 Å². The zero-order valence-electron chi connectivity index (χ0n) is 15.3. The van der Waals surface area contributed by atoms with Crippen molar-refractivity contribution in [2.45, 2.75) is 72.1 Å². The minimum Gasteiger partial charge on any atom is -0.469 e. The van der Waals surface area contributed by atoms with Gasteiger partial charge in [0.25, 0.3) is 0 Å². The molecule has 0 radical (unpaired) electrons. The standard InChI is InChI=1S/C18H32N2O3/c1-13(2)16(12-19-17(21)23-18(4,5)6)20-14(3)9-10-15-8-7-11-22-15/h7-8,11,13-14,16,20H,9-10,12H2,1-6H3,(H,19,21). The largest absolute Gasteiger partial charge is 0.469 e. The quantitative estimate of drug-likeness (QED) is 0.764. The normalized spacial score (nSPS) is 14.6. The molecule has 23 heavy (non-hydrogen) atoms. The second kappa shape index (κ2) is 8.96. The fourth-order valence-electron chi connectivity index (χ4n) is 2.26. The van der Waals surface area contributed by atoms with Crippen molar-refractivity contribution < 1.29 is 13.9 Å². The van der Waals surface area contributed by atoms with Crippen LogP contribution in [0.5, 0.6) is 0 Å². The predicted octanol–water partition coefficient (Wildman–Crippen LogP) is 3.74. The van der Waals surface area contributed by atoms with Crippen LogP contribution in [0.1, 0.15) is 53.7 Å².